The van der Waals surface area contributed by atoms with Crippen LogP contribution in [0.1, 0.15) is 19.8 Å². The Balaban J connectivity index is 1.81. The molecule has 1 heterocycles. The normalized spacial score (nSPS) is 17.0. The summed E-state index contributed by atoms with van der Waals surface area (Å²) in [7, 11) is -3.28. The molecule has 0 aliphatic carbocycles. The van der Waals surface area contributed by atoms with Crippen LogP contribution in [0.3, 0.4) is 0 Å². The third-order valence-electron chi connectivity index (χ3n) is 4.00. The van der Waals surface area contributed by atoms with E-state index >= 15 is 0 Å². The molecule has 128 valence electrons. The molecular formula is C16H24N2O4S. The lowest BCUT2D eigenvalue weighted by atomic mass is 10.1. The molecule has 1 aromatic carbocycles. The molecule has 0 saturated carbocycles. The maximum absolute atomic E-state index is 11.9. The van der Waals surface area contributed by atoms with E-state index in [0.717, 1.165) is 38.7 Å². The molecule has 1 N–H and O–H groups in total. The largest absolute Gasteiger partial charge is 0.484 e. The predicted molar refractivity (Wildman–Crippen MR) is 88.3 cm³/mol. The second kappa shape index (κ2) is 7.79. The van der Waals surface area contributed by atoms with Gasteiger partial charge in [0.2, 0.25) is 0 Å². The highest BCUT2D eigenvalue weighted by Crippen LogP contribution is 2.17. The number of likely N-dealkylation sites (tertiary alicyclic amines) is 1. The van der Waals surface area contributed by atoms with Crippen LogP contribution in [0.15, 0.2) is 29.2 Å². The van der Waals surface area contributed by atoms with E-state index in [1.54, 1.807) is 12.1 Å². The maximum atomic E-state index is 11.9. The van der Waals surface area contributed by atoms with Gasteiger partial charge in [0.05, 0.1) is 4.90 Å². The van der Waals surface area contributed by atoms with Crippen molar-refractivity contribution in [2.45, 2.75) is 30.7 Å². The van der Waals surface area contributed by atoms with Gasteiger partial charge in [0.15, 0.2) is 16.4 Å². The smallest absolute Gasteiger partial charge is 0.258 e. The van der Waals surface area contributed by atoms with E-state index in [1.807, 2.05) is 0 Å². The summed E-state index contributed by atoms with van der Waals surface area (Å²) < 4.78 is 28.4. The van der Waals surface area contributed by atoms with Crippen molar-refractivity contribution in [2.24, 2.45) is 0 Å². The van der Waals surface area contributed by atoms with Crippen LogP contribution in [0.5, 0.6) is 5.75 Å². The second-order valence-electron chi connectivity index (χ2n) is 5.81. The van der Waals surface area contributed by atoms with Gasteiger partial charge in [-0.2, -0.15) is 0 Å². The van der Waals surface area contributed by atoms with Crippen LogP contribution in [0.2, 0.25) is 0 Å². The van der Waals surface area contributed by atoms with E-state index in [-0.39, 0.29) is 23.5 Å². The molecule has 7 heteroatoms. The van der Waals surface area contributed by atoms with Crippen LogP contribution in [0, 0.1) is 0 Å². The monoisotopic (exact) mass is 340 g/mol. The summed E-state index contributed by atoms with van der Waals surface area (Å²) in [5, 5.41) is 2.97. The zero-order chi connectivity index (χ0) is 16.9. The van der Waals surface area contributed by atoms with Crippen molar-refractivity contribution >= 4 is 15.7 Å². The summed E-state index contributed by atoms with van der Waals surface area (Å²) in [6, 6.07) is 6.37. The van der Waals surface area contributed by atoms with Crippen LogP contribution >= 0.6 is 0 Å². The van der Waals surface area contributed by atoms with Gasteiger partial charge in [-0.25, -0.2) is 8.42 Å². The van der Waals surface area contributed by atoms with Gasteiger partial charge < -0.3 is 15.0 Å². The fourth-order valence-corrected chi connectivity index (χ4v) is 3.26. The number of rotatable bonds is 6. The van der Waals surface area contributed by atoms with Crippen LogP contribution < -0.4 is 10.1 Å². The van der Waals surface area contributed by atoms with Crippen LogP contribution in [-0.2, 0) is 14.6 Å². The van der Waals surface area contributed by atoms with Crippen molar-refractivity contribution in [2.75, 3.05) is 32.5 Å². The summed E-state index contributed by atoms with van der Waals surface area (Å²) >= 11 is 0. The molecule has 0 unspecified atom stereocenters. The SMILES string of the molecule is CCN1CCC(NC(=O)COc2cccc(S(C)(=O)=O)c2)CC1. The third kappa shape index (κ3) is 5.51. The molecule has 0 spiro atoms. The van der Waals surface area contributed by atoms with E-state index in [9.17, 15) is 13.2 Å². The molecule has 23 heavy (non-hydrogen) atoms. The maximum Gasteiger partial charge on any atom is 0.258 e. The fourth-order valence-electron chi connectivity index (χ4n) is 2.61. The highest BCUT2D eigenvalue weighted by molar-refractivity contribution is 7.90. The number of amides is 1. The summed E-state index contributed by atoms with van der Waals surface area (Å²) in [5.74, 6) is 0.202. The molecule has 2 rings (SSSR count). The van der Waals surface area contributed by atoms with Crippen LogP contribution in [0.25, 0.3) is 0 Å². The van der Waals surface area contributed by atoms with Gasteiger partial charge in [-0.05, 0) is 37.6 Å². The number of piperidine rings is 1. The van der Waals surface area contributed by atoms with Crippen molar-refractivity contribution in [1.82, 2.24) is 10.2 Å². The summed E-state index contributed by atoms with van der Waals surface area (Å²) in [6.45, 7) is 5.07. The number of sulfone groups is 1. The number of nitrogens with zero attached hydrogens (tertiary/aromatic N) is 1. The number of benzene rings is 1. The topological polar surface area (TPSA) is 75.7 Å². The highest BCUT2D eigenvalue weighted by atomic mass is 32.2. The first-order chi connectivity index (χ1) is 10.9. The first-order valence-corrected chi connectivity index (χ1v) is 9.72. The Morgan fingerprint density at radius 1 is 1.35 bits per heavy atom. The molecular weight excluding hydrogens is 316 g/mol. The Kier molecular flexibility index (Phi) is 6.01. The number of hydrogen-bond donors (Lipinski definition) is 1. The number of carbonyl (C=O) groups is 1. The van der Waals surface area contributed by atoms with Crippen LogP contribution in [-0.4, -0.2) is 57.8 Å². The Bertz CT molecular complexity index is 637. The Morgan fingerprint density at radius 2 is 2.04 bits per heavy atom. The minimum atomic E-state index is -3.28. The molecule has 1 aliphatic heterocycles. The lowest BCUT2D eigenvalue weighted by Gasteiger charge is -2.31. The van der Waals surface area contributed by atoms with E-state index in [1.165, 1.54) is 12.1 Å². The summed E-state index contributed by atoms with van der Waals surface area (Å²) in [6.07, 6.45) is 3.04. The molecule has 0 atom stereocenters. The van der Waals surface area contributed by atoms with E-state index < -0.39 is 9.84 Å². The standard InChI is InChI=1S/C16H24N2O4S/c1-3-18-9-7-13(8-10-18)17-16(19)12-22-14-5-4-6-15(11-14)23(2,20)21/h4-6,11,13H,3,7-10,12H2,1-2H3,(H,17,19). The Morgan fingerprint density at radius 3 is 2.65 bits per heavy atom. The quantitative estimate of drug-likeness (QED) is 0.838. The van der Waals surface area contributed by atoms with Crippen molar-refractivity contribution in [3.05, 3.63) is 24.3 Å². The average molecular weight is 340 g/mol. The van der Waals surface area contributed by atoms with Gasteiger partial charge in [-0.3, -0.25) is 4.79 Å². The number of nitrogens with one attached hydrogen (secondary N) is 1. The van der Waals surface area contributed by atoms with Crippen molar-refractivity contribution in [3.63, 3.8) is 0 Å². The van der Waals surface area contributed by atoms with E-state index in [2.05, 4.69) is 17.1 Å². The van der Waals surface area contributed by atoms with Crippen LogP contribution in [0.4, 0.5) is 0 Å². The number of hydrogen-bond acceptors (Lipinski definition) is 5. The van der Waals surface area contributed by atoms with Crippen molar-refractivity contribution < 1.29 is 17.9 Å². The highest BCUT2D eigenvalue weighted by Gasteiger charge is 2.19. The zero-order valence-electron chi connectivity index (χ0n) is 13.6. The fraction of sp³-hybridized carbons (Fsp3) is 0.562. The van der Waals surface area contributed by atoms with Gasteiger partial charge in [-0.15, -0.1) is 0 Å². The zero-order valence-corrected chi connectivity index (χ0v) is 14.4. The summed E-state index contributed by atoms with van der Waals surface area (Å²) in [4.78, 5) is 14.5. The van der Waals surface area contributed by atoms with E-state index in [0.29, 0.717) is 5.75 Å². The van der Waals surface area contributed by atoms with E-state index in [4.69, 9.17) is 4.74 Å². The molecule has 1 fully saturated rings. The Labute approximate surface area is 137 Å². The van der Waals surface area contributed by atoms with Gasteiger partial charge in [0, 0.05) is 25.4 Å². The van der Waals surface area contributed by atoms with Gasteiger partial charge in [0.1, 0.15) is 5.75 Å². The van der Waals surface area contributed by atoms with Gasteiger partial charge >= 0.3 is 0 Å². The molecule has 1 amide bonds. The Hall–Kier alpha value is -1.60. The molecule has 1 aliphatic rings. The number of ether oxygens (including phenoxy) is 1. The minimum Gasteiger partial charge on any atom is -0.484 e. The lowest BCUT2D eigenvalue weighted by molar-refractivity contribution is -0.124. The third-order valence-corrected chi connectivity index (χ3v) is 5.11. The molecule has 0 radical (unpaired) electrons. The van der Waals surface area contributed by atoms with Crippen molar-refractivity contribution in [3.8, 4) is 5.75 Å². The lowest BCUT2D eigenvalue weighted by Crippen LogP contribution is -2.45. The minimum absolute atomic E-state index is 0.110. The molecule has 6 nitrogen and oxygen atoms in total. The predicted octanol–water partition coefficient (Wildman–Crippen LogP) is 1.07. The number of carbonyl (C=O) groups excluding carboxylic acids is 1. The first-order valence-electron chi connectivity index (χ1n) is 7.83. The second-order valence-corrected chi connectivity index (χ2v) is 7.83. The molecule has 1 aromatic rings. The first kappa shape index (κ1) is 17.7. The van der Waals surface area contributed by atoms with Gasteiger partial charge in [0.25, 0.3) is 5.91 Å². The van der Waals surface area contributed by atoms with Crippen molar-refractivity contribution in [1.29, 1.82) is 0 Å². The average Bonchev–Trinajstić information content (AvgIpc) is 2.53. The molecule has 0 aromatic heterocycles. The summed E-state index contributed by atoms with van der Waals surface area (Å²) in [5.41, 5.74) is 0. The van der Waals surface area contributed by atoms with Gasteiger partial charge in [-0.1, -0.05) is 13.0 Å². The molecule has 0 bridgehead atoms. The molecule has 1 saturated heterocycles.